The fourth-order valence-electron chi connectivity index (χ4n) is 12.4. The zero-order valence-electron chi connectivity index (χ0n) is 25.4. The van der Waals surface area contributed by atoms with Gasteiger partial charge in [-0.1, -0.05) is 34.6 Å². The maximum Gasteiger partial charge on any atom is 0.407 e. The molecule has 1 amide bonds. The van der Waals surface area contributed by atoms with E-state index in [1.165, 1.54) is 19.9 Å². The summed E-state index contributed by atoms with van der Waals surface area (Å²) in [6, 6.07) is 0. The number of hydrogen-bond donors (Lipinski definition) is 4. The molecule has 4 N–H and O–H groups in total. The largest absolute Gasteiger partial charge is 0.440 e. The maximum atomic E-state index is 12.4. The van der Waals surface area contributed by atoms with Gasteiger partial charge in [0.2, 0.25) is 0 Å². The van der Waals surface area contributed by atoms with Crippen molar-refractivity contribution >= 4 is 6.09 Å². The van der Waals surface area contributed by atoms with Gasteiger partial charge in [-0.25, -0.2) is 4.79 Å². The first-order chi connectivity index (χ1) is 18.0. The summed E-state index contributed by atoms with van der Waals surface area (Å²) >= 11 is 0. The van der Waals surface area contributed by atoms with Gasteiger partial charge in [0.25, 0.3) is 0 Å². The lowest BCUT2D eigenvalue weighted by Crippen LogP contribution is -2.59. The minimum Gasteiger partial charge on any atom is -0.440 e. The number of hydrogen-bond acceptors (Lipinski definition) is 6. The van der Waals surface area contributed by atoms with Crippen molar-refractivity contribution in [3.63, 3.8) is 0 Å². The monoisotopic (exact) mass is 547 g/mol. The average Bonchev–Trinajstić information content (AvgIpc) is 3.49. The Bertz CT molecular complexity index is 1020. The maximum absolute atomic E-state index is 12.4. The van der Waals surface area contributed by atoms with Gasteiger partial charge in [0, 0.05) is 12.5 Å². The lowest BCUT2D eigenvalue weighted by Gasteiger charge is -2.63. The van der Waals surface area contributed by atoms with E-state index in [0.29, 0.717) is 23.7 Å². The van der Waals surface area contributed by atoms with Crippen LogP contribution in [-0.4, -0.2) is 64.6 Å². The van der Waals surface area contributed by atoms with Crippen LogP contribution in [0.3, 0.4) is 0 Å². The first-order valence-corrected chi connectivity index (χ1v) is 15.6. The number of amides is 1. The van der Waals surface area contributed by atoms with Crippen LogP contribution in [0.15, 0.2) is 0 Å². The molecule has 39 heavy (non-hydrogen) atoms. The van der Waals surface area contributed by atoms with Gasteiger partial charge in [0.1, 0.15) is 0 Å². The van der Waals surface area contributed by atoms with E-state index in [9.17, 15) is 20.1 Å². The highest BCUT2D eigenvalue weighted by Gasteiger charge is 2.84. The zero-order chi connectivity index (χ0) is 28.6. The zero-order valence-corrected chi connectivity index (χ0v) is 25.4. The van der Waals surface area contributed by atoms with Crippen LogP contribution in [0, 0.1) is 50.7 Å². The van der Waals surface area contributed by atoms with Crippen LogP contribution in [0.2, 0.25) is 0 Å². The van der Waals surface area contributed by atoms with E-state index >= 15 is 0 Å². The molecular weight excluding hydrogens is 494 g/mol. The van der Waals surface area contributed by atoms with E-state index in [4.69, 9.17) is 9.47 Å². The molecule has 222 valence electrons. The molecule has 6 rings (SSSR count). The Morgan fingerprint density at radius 2 is 1.67 bits per heavy atom. The highest BCUT2D eigenvalue weighted by atomic mass is 16.6. The number of aliphatic hydroxyl groups is 3. The van der Waals surface area contributed by atoms with Crippen molar-refractivity contribution in [2.24, 2.45) is 50.7 Å². The molecule has 13 atom stereocenters. The number of ether oxygens (including phenoxy) is 2. The highest BCUT2D eigenvalue weighted by Crippen LogP contribution is 2.89. The molecule has 0 bridgehead atoms. The Kier molecular flexibility index (Phi) is 6.05. The molecule has 0 radical (unpaired) electrons. The van der Waals surface area contributed by atoms with E-state index in [1.54, 1.807) is 13.8 Å². The number of nitrogens with one attached hydrogen (secondary N) is 1. The SMILES string of the molecule is CNC(=O)O[C@@H]([C@H]1C[C@@H](C)[C@H]2[C@H](O1)[C@H](O)[C@@]1(C)C3CC[C@H]4C(C)(C)[C@@H](O)CC[C@@]45C[C@@]35CC[C@]21C)C(C)(C)O. The minimum absolute atomic E-state index is 0.0520. The molecule has 1 aliphatic heterocycles. The number of alkyl carbamates (subject to hydrolysis) is 1. The number of carbonyl (C=O) groups excluding carboxylic acids is 1. The predicted molar refractivity (Wildman–Crippen MR) is 148 cm³/mol. The van der Waals surface area contributed by atoms with E-state index in [0.717, 1.165) is 32.1 Å². The molecule has 0 aromatic heterocycles. The third kappa shape index (κ3) is 3.34. The second kappa shape index (κ2) is 8.35. The van der Waals surface area contributed by atoms with Gasteiger partial charge in [0.15, 0.2) is 6.10 Å². The lowest BCUT2D eigenvalue weighted by molar-refractivity contribution is -0.202. The minimum atomic E-state index is -1.28. The number of rotatable bonds is 3. The number of fused-ring (bicyclic) bond motifs is 4. The molecule has 1 heterocycles. The lowest BCUT2D eigenvalue weighted by atomic mass is 9.41. The summed E-state index contributed by atoms with van der Waals surface area (Å²) in [7, 11) is 1.51. The van der Waals surface area contributed by atoms with Crippen LogP contribution >= 0.6 is 0 Å². The second-order valence-corrected chi connectivity index (χ2v) is 16.3. The summed E-state index contributed by atoms with van der Waals surface area (Å²) in [5.74, 6) is 1.46. The molecule has 1 unspecified atom stereocenters. The van der Waals surface area contributed by atoms with Crippen molar-refractivity contribution < 1.29 is 29.6 Å². The Balaban J connectivity index is 1.34. The first kappa shape index (κ1) is 28.2. The molecule has 1 saturated heterocycles. The van der Waals surface area contributed by atoms with Gasteiger partial charge < -0.3 is 30.1 Å². The fraction of sp³-hybridized carbons (Fsp3) is 0.969. The van der Waals surface area contributed by atoms with Crippen molar-refractivity contribution in [2.75, 3.05) is 7.05 Å². The van der Waals surface area contributed by atoms with Crippen molar-refractivity contribution in [3.8, 4) is 0 Å². The van der Waals surface area contributed by atoms with Gasteiger partial charge in [0.05, 0.1) is 30.0 Å². The summed E-state index contributed by atoms with van der Waals surface area (Å²) in [5.41, 5.74) is -1.10. The fourth-order valence-corrected chi connectivity index (χ4v) is 12.4. The third-order valence-corrected chi connectivity index (χ3v) is 14.3. The topological polar surface area (TPSA) is 108 Å². The molecule has 5 saturated carbocycles. The third-order valence-electron chi connectivity index (χ3n) is 14.3. The predicted octanol–water partition coefficient (Wildman–Crippen LogP) is 4.66. The van der Waals surface area contributed by atoms with Crippen molar-refractivity contribution in [1.82, 2.24) is 5.32 Å². The van der Waals surface area contributed by atoms with E-state index < -0.39 is 30.0 Å². The van der Waals surface area contributed by atoms with Crippen LogP contribution in [-0.2, 0) is 9.47 Å². The Hall–Kier alpha value is -0.890. The average molecular weight is 548 g/mol. The van der Waals surface area contributed by atoms with E-state index in [-0.39, 0.29) is 45.7 Å². The van der Waals surface area contributed by atoms with Crippen LogP contribution in [0.5, 0.6) is 0 Å². The summed E-state index contributed by atoms with van der Waals surface area (Å²) in [6.07, 6.45) is 5.40. The van der Waals surface area contributed by atoms with Gasteiger partial charge >= 0.3 is 6.09 Å². The van der Waals surface area contributed by atoms with Crippen LogP contribution in [0.4, 0.5) is 4.79 Å². The summed E-state index contributed by atoms with van der Waals surface area (Å²) in [4.78, 5) is 12.2. The normalized spacial score (nSPS) is 54.2. The van der Waals surface area contributed by atoms with Crippen LogP contribution in [0.1, 0.15) is 99.8 Å². The molecule has 0 aromatic carbocycles. The quantitative estimate of drug-likeness (QED) is 0.410. The first-order valence-electron chi connectivity index (χ1n) is 15.6. The Morgan fingerprint density at radius 3 is 2.31 bits per heavy atom. The smallest absolute Gasteiger partial charge is 0.407 e. The molecule has 7 nitrogen and oxygen atoms in total. The Morgan fingerprint density at radius 1 is 1.03 bits per heavy atom. The van der Waals surface area contributed by atoms with E-state index in [2.05, 4.69) is 39.9 Å². The summed E-state index contributed by atoms with van der Waals surface area (Å²) < 4.78 is 12.5. The highest BCUT2D eigenvalue weighted by molar-refractivity contribution is 5.67. The molecule has 6 aliphatic rings. The Labute approximate surface area is 234 Å². The summed E-state index contributed by atoms with van der Waals surface area (Å²) in [5, 5.41) is 36.8. The molecule has 7 heteroatoms. The second-order valence-electron chi connectivity index (χ2n) is 16.3. The van der Waals surface area contributed by atoms with Crippen molar-refractivity contribution in [1.29, 1.82) is 0 Å². The molecule has 0 aromatic rings. The molecule has 5 aliphatic carbocycles. The van der Waals surface area contributed by atoms with Gasteiger partial charge in [-0.3, -0.25) is 0 Å². The van der Waals surface area contributed by atoms with Crippen molar-refractivity contribution in [3.05, 3.63) is 0 Å². The van der Waals surface area contributed by atoms with Gasteiger partial charge in [-0.05, 0) is 111 Å². The standard InChI is InChI=1S/C32H53NO6/c1-17-15-18(25(28(4,5)37)39-26(36)33-8)38-23-22(17)29(6)13-14-32-16-31(32)12-11-21(34)27(2,3)19(31)9-10-20(32)30(29,7)24(23)35/h17-25,34-35,37H,9-16H2,1-8H3,(H,33,36)/t17-,18-,19+,20?,21+,22+,23+,24+,25+,29-,30-,31-,32+/m1/s1. The molecule has 6 fully saturated rings. The van der Waals surface area contributed by atoms with Crippen molar-refractivity contribution in [2.45, 2.75) is 136 Å². The number of aliphatic hydroxyl groups excluding tert-OH is 2. The van der Waals surface area contributed by atoms with Crippen LogP contribution in [0.25, 0.3) is 0 Å². The number of carbonyl (C=O) groups is 1. The molecular formula is C32H53NO6. The molecule has 2 spiro atoms. The van der Waals surface area contributed by atoms with Gasteiger partial charge in [-0.15, -0.1) is 0 Å². The van der Waals surface area contributed by atoms with Crippen LogP contribution < -0.4 is 5.32 Å². The van der Waals surface area contributed by atoms with E-state index in [1.807, 2.05) is 0 Å². The van der Waals surface area contributed by atoms with Gasteiger partial charge in [-0.2, -0.15) is 0 Å². The summed E-state index contributed by atoms with van der Waals surface area (Å²) in [6.45, 7) is 15.0.